The number of likely N-dealkylation sites (N-methyl/N-ethyl adjacent to an activating group) is 4. The molecular weight excluding hydrogens is 1520 g/mol. The Labute approximate surface area is 700 Å². The molecule has 5 heterocycles. The number of pyridine rings is 1. The number of methoxy groups -OCH3 is 3. The molecule has 8 spiro atoms. The number of hydrogen-bond donors (Lipinski definition) is 4. The van der Waals surface area contributed by atoms with E-state index in [1.807, 2.05) is 48.5 Å². The standard InChI is InChI=1S/C25H25ClN4O.C25H25FN4O.C24H28N4O3.C21H27N3O2/c2*1-15-5-7-24(8-6-15)13-18-4-3-17(19-9-16(14-27)10-20(26)11-19)12-21(18)25(24)22(31)30(2)23(28)29-25;1-28-21(29)24(27-22(28)25)19-12-15(16-8-11-26-20(13-16)31-3)4-5-17(19)14-23(24)9-6-18(30-2)7-10-23;1-24-18(25)21(23-19(24)22)17-11-14(13-3-4-13)5-6-15(17)12-20(21)9-7-16(26-2)8-10-20/h2*3-4,9-12,15H,5-8,13H2,1-2H3,(H2,28,29);4-5,8,11-13,18H,6-7,9-10,14H2,1-3H3,(H2,25,27);5-6,11,13,16H,3-4,7-10,12H2,1-2H3,(H2,22,23). The second-order valence-electron chi connectivity index (χ2n) is 36.3. The van der Waals surface area contributed by atoms with E-state index in [1.165, 1.54) is 61.9 Å². The van der Waals surface area contributed by atoms with Crippen molar-refractivity contribution in [1.29, 1.82) is 10.5 Å². The van der Waals surface area contributed by atoms with Gasteiger partial charge in [-0.3, -0.25) is 38.8 Å². The van der Waals surface area contributed by atoms with E-state index >= 15 is 0 Å². The van der Waals surface area contributed by atoms with Crippen molar-refractivity contribution in [2.75, 3.05) is 49.5 Å². The highest BCUT2D eigenvalue weighted by Gasteiger charge is 2.71. The largest absolute Gasteiger partial charge is 0.481 e. The molecule has 0 saturated heterocycles. The highest BCUT2D eigenvalue weighted by molar-refractivity contribution is 6.31. The predicted octanol–water partition coefficient (Wildman–Crippen LogP) is 14.3. The smallest absolute Gasteiger partial charge is 0.262 e. The lowest BCUT2D eigenvalue weighted by Gasteiger charge is -2.45. The van der Waals surface area contributed by atoms with Crippen LogP contribution in [-0.4, -0.2) is 134 Å². The average molecular weight is 1620 g/mol. The number of carbonyl (C=O) groups excluding carboxylic acids is 4. The maximum absolute atomic E-state index is 14.1. The predicted molar refractivity (Wildman–Crippen MR) is 455 cm³/mol. The van der Waals surface area contributed by atoms with Crippen molar-refractivity contribution in [3.8, 4) is 51.4 Å². The normalized spacial score (nSPS) is 30.9. The Kier molecular flexibility index (Phi) is 20.2. The van der Waals surface area contributed by atoms with Crippen molar-refractivity contribution < 1.29 is 37.8 Å². The third-order valence-corrected chi connectivity index (χ3v) is 30.3. The number of nitrogens with two attached hydrogens (primary N) is 4. The maximum Gasteiger partial charge on any atom is 0.262 e. The van der Waals surface area contributed by atoms with Gasteiger partial charge in [0.2, 0.25) is 5.88 Å². The van der Waals surface area contributed by atoms with E-state index in [1.54, 1.807) is 72.7 Å². The molecule has 0 radical (unpaired) electrons. The van der Waals surface area contributed by atoms with Crippen molar-refractivity contribution in [2.24, 2.45) is 76.4 Å². The van der Waals surface area contributed by atoms with E-state index in [-0.39, 0.29) is 68.9 Å². The van der Waals surface area contributed by atoms with E-state index in [9.17, 15) is 34.1 Å². The topological polar surface area (TPSA) is 323 Å². The highest BCUT2D eigenvalue weighted by Crippen LogP contribution is 2.67. The van der Waals surface area contributed by atoms with Gasteiger partial charge in [0.25, 0.3) is 23.6 Å². The molecule has 9 aliphatic carbocycles. The quantitative estimate of drug-likeness (QED) is 0.115. The fourth-order valence-electron chi connectivity index (χ4n) is 23.1. The zero-order chi connectivity index (χ0) is 83.8. The molecule has 1 aromatic heterocycles. The summed E-state index contributed by atoms with van der Waals surface area (Å²) in [5.41, 5.74) is 36.0. The maximum atomic E-state index is 14.1. The summed E-state index contributed by atoms with van der Waals surface area (Å²) in [4.78, 5) is 84.5. The van der Waals surface area contributed by atoms with Gasteiger partial charge in [0.1, 0.15) is 5.82 Å². The number of nitrogens with zero attached hydrogens (tertiary/aromatic N) is 11. The van der Waals surface area contributed by atoms with Gasteiger partial charge in [-0.05, 0) is 277 Å². The summed E-state index contributed by atoms with van der Waals surface area (Å²) in [6.45, 7) is 4.54. The van der Waals surface area contributed by atoms with Crippen LogP contribution < -0.4 is 27.7 Å². The summed E-state index contributed by atoms with van der Waals surface area (Å²) in [6.07, 6.45) is 23.7. The number of guanidine groups is 4. The van der Waals surface area contributed by atoms with Crippen LogP contribution in [0.5, 0.6) is 5.88 Å². The highest BCUT2D eigenvalue weighted by atomic mass is 35.5. The van der Waals surface area contributed by atoms with Gasteiger partial charge in [-0.25, -0.2) is 29.3 Å². The Morgan fingerprint density at radius 3 is 1.10 bits per heavy atom. The minimum Gasteiger partial charge on any atom is -0.481 e. The Morgan fingerprint density at radius 2 is 0.756 bits per heavy atom. The van der Waals surface area contributed by atoms with Gasteiger partial charge in [0.15, 0.2) is 46.0 Å². The molecule has 4 amide bonds. The number of amides is 4. The first-order chi connectivity index (χ1) is 57.0. The second-order valence-corrected chi connectivity index (χ2v) is 36.8. The minimum absolute atomic E-state index is 0.0240. The summed E-state index contributed by atoms with van der Waals surface area (Å²) in [6, 6.07) is 43.0. The molecule has 5 fully saturated rings. The van der Waals surface area contributed by atoms with Gasteiger partial charge in [0, 0.05) is 81.4 Å². The molecule has 4 aliphatic heterocycles. The van der Waals surface area contributed by atoms with Crippen molar-refractivity contribution in [3.63, 3.8) is 0 Å². The number of fused-ring (bicyclic) bond motifs is 12. The lowest BCUT2D eigenvalue weighted by Crippen LogP contribution is -2.51. The van der Waals surface area contributed by atoms with E-state index in [0.717, 1.165) is 184 Å². The number of hydrogen-bond acceptors (Lipinski definition) is 18. The zero-order valence-electron chi connectivity index (χ0n) is 69.4. The number of benzene rings is 6. The number of nitriles is 2. The molecule has 119 heavy (non-hydrogen) atoms. The van der Waals surface area contributed by atoms with Crippen molar-refractivity contribution in [3.05, 3.63) is 200 Å². The molecular formula is C95H105ClFN15O7. The van der Waals surface area contributed by atoms with Crippen LogP contribution in [0.25, 0.3) is 33.4 Å². The van der Waals surface area contributed by atoms with Crippen LogP contribution in [0, 0.1) is 62.0 Å². The Balaban J connectivity index is 0.000000114. The first-order valence-electron chi connectivity index (χ1n) is 42.1. The molecule has 24 heteroatoms. The van der Waals surface area contributed by atoms with E-state index in [4.69, 9.17) is 68.7 Å². The molecule has 0 bridgehead atoms. The summed E-state index contributed by atoms with van der Waals surface area (Å²) in [5, 5.41) is 19.1. The van der Waals surface area contributed by atoms with E-state index < -0.39 is 28.0 Å². The van der Waals surface area contributed by atoms with Crippen LogP contribution in [0.4, 0.5) is 4.39 Å². The summed E-state index contributed by atoms with van der Waals surface area (Å²) >= 11 is 6.26. The summed E-state index contributed by atoms with van der Waals surface area (Å²) in [5.74, 6) is 3.16. The van der Waals surface area contributed by atoms with Gasteiger partial charge in [0.05, 0.1) is 42.6 Å². The van der Waals surface area contributed by atoms with Gasteiger partial charge in [-0.2, -0.15) is 10.5 Å². The third kappa shape index (κ3) is 12.5. The number of aliphatic imine (C=N–C) groups is 4. The molecule has 4 unspecified atom stereocenters. The zero-order valence-corrected chi connectivity index (χ0v) is 70.2. The molecule has 616 valence electrons. The Bertz CT molecular complexity index is 5390. The van der Waals surface area contributed by atoms with E-state index in [0.29, 0.717) is 57.8 Å². The fourth-order valence-corrected chi connectivity index (χ4v) is 23.4. The van der Waals surface area contributed by atoms with Gasteiger partial charge >= 0.3 is 0 Å². The van der Waals surface area contributed by atoms with Crippen LogP contribution in [0.2, 0.25) is 5.02 Å². The number of rotatable bonds is 7. The molecule has 20 rings (SSSR count). The number of aromatic nitrogens is 1. The Morgan fingerprint density at radius 1 is 0.420 bits per heavy atom. The number of ether oxygens (including phenoxy) is 3. The van der Waals surface area contributed by atoms with E-state index in [2.05, 4.69) is 79.5 Å². The van der Waals surface area contributed by atoms with Crippen molar-refractivity contribution in [2.45, 2.75) is 195 Å². The van der Waals surface area contributed by atoms with Crippen LogP contribution in [0.3, 0.4) is 0 Å². The molecule has 8 N–H and O–H groups in total. The van der Waals surface area contributed by atoms with Crippen molar-refractivity contribution in [1.82, 2.24) is 24.6 Å². The molecule has 4 atom stereocenters. The van der Waals surface area contributed by atoms with Crippen LogP contribution in [0.1, 0.15) is 197 Å². The average Bonchev–Trinajstić information content (AvgIpc) is 1.54. The number of halogens is 2. The SMILES string of the molecule is CC1CCC2(CC1)Cc1ccc(-c3cc(Cl)cc(C#N)c3)cc1C21N=C(N)N(C)C1=O.CC1CCC2(CC1)Cc1ccc(-c3cc(F)cc(C#N)c3)cc1C21N=C(N)N(C)C1=O.COC1CCC2(CC1)Cc1ccc(C3CC3)cc1C21N=C(N)N(C)C1=O.COc1cc(-c2ccc3c(c2)C2(N=C(N)N(C)C2=O)C2(CCC(OC)CC2)C3)ccn1. The fraction of sp³-hybridized carbons (Fsp3) is 0.463. The third-order valence-electron chi connectivity index (χ3n) is 30.1. The monoisotopic (exact) mass is 1620 g/mol. The molecule has 5 saturated carbocycles. The lowest BCUT2D eigenvalue weighted by atomic mass is 9.60. The molecule has 22 nitrogen and oxygen atoms in total. The van der Waals surface area contributed by atoms with Crippen LogP contribution >= 0.6 is 11.6 Å². The summed E-state index contributed by atoms with van der Waals surface area (Å²) in [7, 11) is 12.0. The second kappa shape index (κ2) is 29.8. The minimum atomic E-state index is -1.03. The van der Waals surface area contributed by atoms with Gasteiger partial charge in [-0.1, -0.05) is 106 Å². The van der Waals surface area contributed by atoms with Crippen LogP contribution in [-0.2, 0) is 76.5 Å². The first kappa shape index (κ1) is 80.6. The Hall–Kier alpha value is -10.9. The molecule has 13 aliphatic rings. The van der Waals surface area contributed by atoms with Gasteiger partial charge < -0.3 is 37.1 Å². The molecule has 7 aromatic rings. The van der Waals surface area contributed by atoms with Crippen molar-refractivity contribution >= 4 is 59.1 Å². The lowest BCUT2D eigenvalue weighted by molar-refractivity contribution is -0.138. The number of carbonyl (C=O) groups is 4. The van der Waals surface area contributed by atoms with Gasteiger partial charge in [-0.15, -0.1) is 0 Å². The first-order valence-corrected chi connectivity index (χ1v) is 42.5. The van der Waals surface area contributed by atoms with Crippen LogP contribution in [0.15, 0.2) is 147 Å². The summed E-state index contributed by atoms with van der Waals surface area (Å²) < 4.78 is 30.6. The molecule has 6 aromatic carbocycles.